The summed E-state index contributed by atoms with van der Waals surface area (Å²) in [6, 6.07) is 29.8. The Morgan fingerprint density at radius 2 is 0.882 bits per heavy atom. The van der Waals surface area contributed by atoms with Gasteiger partial charge in [-0.05, 0) is 180 Å². The molecule has 528 valence electrons. The second kappa shape index (κ2) is 38.9. The molecule has 0 fully saturated rings. The maximum atomic E-state index is 13.2. The fourth-order valence-electron chi connectivity index (χ4n) is 8.41. The minimum absolute atomic E-state index is 0. The van der Waals surface area contributed by atoms with Crippen LogP contribution in [0, 0.1) is 23.3 Å². The Hall–Kier alpha value is -10.5. The number of sulfone groups is 2. The average Bonchev–Trinajstić information content (AvgIpc) is 1.65. The third kappa shape index (κ3) is 22.8. The molecule has 26 nitrogen and oxygen atoms in total. The molecule has 102 heavy (non-hydrogen) atoms. The number of carbonyl (C=O) groups is 3. The lowest BCUT2D eigenvalue weighted by Crippen LogP contribution is -2.23. The minimum atomic E-state index is -3.44. The Labute approximate surface area is 614 Å². The number of benzene rings is 4. The number of carbonyl (C=O) groups excluding carboxylic acids is 4. The van der Waals surface area contributed by atoms with E-state index in [1.807, 2.05) is 0 Å². The Morgan fingerprint density at radius 3 is 1.27 bits per heavy atom. The van der Waals surface area contributed by atoms with Crippen molar-refractivity contribution in [2.75, 3.05) is 17.9 Å². The first-order valence-electron chi connectivity index (χ1n) is 28.1. The van der Waals surface area contributed by atoms with Gasteiger partial charge in [-0.25, -0.2) is 63.2 Å². The van der Waals surface area contributed by atoms with Crippen LogP contribution in [0.3, 0.4) is 0 Å². The zero-order valence-electron chi connectivity index (χ0n) is 52.5. The number of nitrogen functional groups attached to an aromatic ring is 1. The van der Waals surface area contributed by atoms with Gasteiger partial charge in [-0.3, -0.25) is 35.4 Å². The van der Waals surface area contributed by atoms with Crippen LogP contribution >= 0.6 is 72.6 Å². The number of hydrogen-bond donors (Lipinski definition) is 5. The average molecular weight is 1670 g/mol. The van der Waals surface area contributed by atoms with E-state index in [9.17, 15) is 48.8 Å². The van der Waals surface area contributed by atoms with Gasteiger partial charge >= 0.3 is 12.1 Å². The number of carboxylic acids is 1. The molecule has 0 spiro atoms. The molecule has 0 aliphatic carbocycles. The monoisotopic (exact) mass is 1660 g/mol. The number of aromatic nitrogens is 12. The van der Waals surface area contributed by atoms with E-state index in [4.69, 9.17) is 26.3 Å². The summed E-state index contributed by atoms with van der Waals surface area (Å²) in [6.45, 7) is 0.442. The number of hydrazine groups is 1. The number of halogens is 9. The number of pyridine rings is 6. The third-order valence-corrected chi connectivity index (χ3v) is 17.1. The van der Waals surface area contributed by atoms with E-state index >= 15 is 0 Å². The molecule has 13 rings (SSSR count). The van der Waals surface area contributed by atoms with Gasteiger partial charge in [0.05, 0.1) is 81.9 Å². The molecule has 1 amide bonds. The summed E-state index contributed by atoms with van der Waals surface area (Å²) in [5, 5.41) is 26.6. The standard InChI is InChI=1S/C20H16FN5O3S.C13H8FN3O2.C12H7BrFN3.C7H10N2O2S.C6H3Br2NO.C6H7FN2.CO2.2ClH/c1-30(28,29)19-8-13(6-7-23-19)9-24-20(27)17-10-22-12-18-16(17)11-25-26(18)15-4-2-14(21)3-5-15;14-8-1-3-9(4-2-8)17-12-7-15-5-11(13(18)19)10(12)6-16-17;13-11-6-15-7-12-10(11)5-16-17(12)9-3-1-8(14)2-4-9;1-12(10,11)7-4-6(5-8)2-3-9-7;7-5-1-9-2-6(8)4(5)3-10;7-5-1-3-6(9-8)4-2-5;2-1-3;;/h2-8,10-12H,9H2,1H3,(H,24,27);1-7H,(H,18,19);1-7H;2-4H,5,8H2,1H3;1-3H;1-4,9H,8H2;;2*1H. The van der Waals surface area contributed by atoms with Crippen LogP contribution in [-0.2, 0) is 42.4 Å². The molecule has 13 aromatic rings. The molecule has 9 heterocycles. The van der Waals surface area contributed by atoms with Gasteiger partial charge in [-0.15, -0.1) is 24.8 Å². The second-order valence-electron chi connectivity index (χ2n) is 20.0. The summed E-state index contributed by atoms with van der Waals surface area (Å²) >= 11 is 9.79. The van der Waals surface area contributed by atoms with Crippen molar-refractivity contribution in [2.24, 2.45) is 11.6 Å². The third-order valence-electron chi connectivity index (χ3n) is 13.2. The molecule has 0 aliphatic rings. The predicted molar refractivity (Wildman–Crippen MR) is 384 cm³/mol. The first-order valence-corrected chi connectivity index (χ1v) is 34.3. The molecular weight excluding hydrogens is 1620 g/mol. The quantitative estimate of drug-likeness (QED) is 0.0328. The van der Waals surface area contributed by atoms with Gasteiger partial charge in [0.1, 0.15) is 23.3 Å². The first-order chi connectivity index (χ1) is 47.8. The van der Waals surface area contributed by atoms with E-state index in [2.05, 4.69) is 104 Å². The Bertz CT molecular complexity index is 5270. The van der Waals surface area contributed by atoms with Crippen molar-refractivity contribution in [3.63, 3.8) is 0 Å². The van der Waals surface area contributed by atoms with E-state index in [0.717, 1.165) is 45.4 Å². The summed E-state index contributed by atoms with van der Waals surface area (Å²) < 4.78 is 103. The van der Waals surface area contributed by atoms with Crippen LogP contribution in [0.4, 0.5) is 23.2 Å². The van der Waals surface area contributed by atoms with Gasteiger partial charge in [0.15, 0.2) is 36.0 Å². The Balaban J connectivity index is 0.000000229. The van der Waals surface area contributed by atoms with Crippen molar-refractivity contribution in [1.82, 2.24) is 64.6 Å². The SMILES string of the molecule is CS(=O)(=O)c1cc(CN)ccn1.CS(=O)(=O)c1cc(CNC(=O)c2cncc3c2cnn3-c2ccc(F)cc2)ccn1.Cl.Cl.Fc1ccc(-n2ncc3c(Br)cncc32)cc1.NNc1ccc(F)cc1.O=C(O)c1cncc2c1cnn2-c1ccc(F)cc1.O=C=O.O=Cc1c(Br)cncc1Br. The van der Waals surface area contributed by atoms with Crippen molar-refractivity contribution in [2.45, 2.75) is 23.1 Å². The normalized spacial score (nSPS) is 10.4. The van der Waals surface area contributed by atoms with Gasteiger partial charge in [0.25, 0.3) is 5.91 Å². The van der Waals surface area contributed by atoms with Crippen LogP contribution in [0.2, 0.25) is 0 Å². The van der Waals surface area contributed by atoms with Gasteiger partial charge in [-0.1, -0.05) is 0 Å². The molecule has 37 heteroatoms. The van der Waals surface area contributed by atoms with Crippen LogP contribution in [0.5, 0.6) is 0 Å². The molecule has 0 saturated carbocycles. The number of carboxylic acid groups (broad SMARTS) is 1. The van der Waals surface area contributed by atoms with E-state index in [1.54, 1.807) is 113 Å². The smallest absolute Gasteiger partial charge is 0.373 e. The minimum Gasteiger partial charge on any atom is -0.478 e. The molecule has 0 aliphatic heterocycles. The first kappa shape index (κ1) is 82.2. The molecule has 9 aromatic heterocycles. The number of nitrogens with zero attached hydrogens (tertiary/aromatic N) is 12. The van der Waals surface area contributed by atoms with E-state index in [1.165, 1.54) is 103 Å². The zero-order chi connectivity index (χ0) is 72.7. The summed E-state index contributed by atoms with van der Waals surface area (Å²) in [6.07, 6.45) is 23.2. The maximum absolute atomic E-state index is 13.2. The number of nitrogens with one attached hydrogen (secondary N) is 2. The van der Waals surface area contributed by atoms with E-state index in [-0.39, 0.29) is 82.3 Å². The van der Waals surface area contributed by atoms with Crippen LogP contribution < -0.4 is 22.3 Å². The summed E-state index contributed by atoms with van der Waals surface area (Å²) in [7, 11) is -6.64. The number of fused-ring (bicyclic) bond motifs is 3. The fraction of sp³-hybridized carbons (Fsp3) is 0.0615. The van der Waals surface area contributed by atoms with Crippen molar-refractivity contribution in [1.29, 1.82) is 0 Å². The highest BCUT2D eigenvalue weighted by Gasteiger charge is 2.18. The van der Waals surface area contributed by atoms with Gasteiger partial charge < -0.3 is 21.6 Å². The fourth-order valence-corrected chi connectivity index (χ4v) is 11.2. The second-order valence-corrected chi connectivity index (χ2v) is 26.5. The largest absolute Gasteiger partial charge is 0.478 e. The lowest BCUT2D eigenvalue weighted by atomic mass is 10.1. The molecule has 0 radical (unpaired) electrons. The number of aldehydes is 1. The highest BCUT2D eigenvalue weighted by molar-refractivity contribution is 9.11. The van der Waals surface area contributed by atoms with Crippen molar-refractivity contribution in [3.8, 4) is 17.1 Å². The number of nitrogens with two attached hydrogens (primary N) is 2. The van der Waals surface area contributed by atoms with Crippen molar-refractivity contribution in [3.05, 3.63) is 266 Å². The molecular formula is C65H53Br3Cl2F4N16O10S2. The molecule has 4 aromatic carbocycles. The number of hydrogen-bond acceptors (Lipinski definition) is 21. The molecule has 0 saturated heterocycles. The number of amides is 1. The van der Waals surface area contributed by atoms with Crippen molar-refractivity contribution >= 4 is 155 Å². The number of rotatable bonds is 12. The Morgan fingerprint density at radius 1 is 0.529 bits per heavy atom. The van der Waals surface area contributed by atoms with Crippen LogP contribution in [0.25, 0.3) is 49.8 Å². The summed E-state index contributed by atoms with van der Waals surface area (Å²) in [5.74, 6) is 2.37. The highest BCUT2D eigenvalue weighted by Crippen LogP contribution is 2.27. The molecule has 0 bridgehead atoms. The zero-order valence-corrected chi connectivity index (χ0v) is 60.5. The van der Waals surface area contributed by atoms with Crippen LogP contribution in [-0.4, -0.2) is 118 Å². The molecule has 7 N–H and O–H groups in total. The van der Waals surface area contributed by atoms with Crippen LogP contribution in [0.15, 0.2) is 225 Å². The van der Waals surface area contributed by atoms with Crippen molar-refractivity contribution < 1.29 is 63.5 Å². The van der Waals surface area contributed by atoms with Gasteiger partial charge in [0, 0.05) is 110 Å². The predicted octanol–water partition coefficient (Wildman–Crippen LogP) is 11.6. The Kier molecular flexibility index (Phi) is 31.4. The topological polar surface area (TPSA) is 381 Å². The number of aromatic carboxylic acids is 1. The number of anilines is 1. The lowest BCUT2D eigenvalue weighted by Gasteiger charge is -2.08. The summed E-state index contributed by atoms with van der Waals surface area (Å²) in [5.41, 5.74) is 14.9. The van der Waals surface area contributed by atoms with Crippen LogP contribution in [0.1, 0.15) is 42.2 Å². The maximum Gasteiger partial charge on any atom is 0.373 e. The lowest BCUT2D eigenvalue weighted by molar-refractivity contribution is -0.191. The van der Waals surface area contributed by atoms with Gasteiger partial charge in [0.2, 0.25) is 0 Å². The van der Waals surface area contributed by atoms with E-state index < -0.39 is 25.6 Å². The highest BCUT2D eigenvalue weighted by atomic mass is 79.9. The van der Waals surface area contributed by atoms with Gasteiger partial charge in [-0.2, -0.15) is 24.9 Å². The molecule has 0 atom stereocenters. The van der Waals surface area contributed by atoms with E-state index in [0.29, 0.717) is 71.0 Å². The molecule has 0 unspecified atom stereocenters. The summed E-state index contributed by atoms with van der Waals surface area (Å²) in [4.78, 5) is 73.9.